The number of rotatable bonds is 5. The Balaban J connectivity index is 1.91. The Hall–Kier alpha value is -1.66. The van der Waals surface area contributed by atoms with Crippen LogP contribution in [-0.2, 0) is 24.9 Å². The summed E-state index contributed by atoms with van der Waals surface area (Å²) in [5.41, 5.74) is 3.26. The Morgan fingerprint density at radius 2 is 2.26 bits per heavy atom. The summed E-state index contributed by atoms with van der Waals surface area (Å²) in [5.74, 6) is -0.0391. The van der Waals surface area contributed by atoms with Crippen LogP contribution >= 0.6 is 11.3 Å². The molecule has 2 rings (SSSR count). The van der Waals surface area contributed by atoms with Gasteiger partial charge in [0.2, 0.25) is 5.91 Å². The van der Waals surface area contributed by atoms with E-state index in [1.165, 1.54) is 18.2 Å². The van der Waals surface area contributed by atoms with Crippen LogP contribution in [0.3, 0.4) is 0 Å². The molecule has 0 aliphatic heterocycles. The van der Waals surface area contributed by atoms with E-state index in [2.05, 4.69) is 22.7 Å². The molecule has 0 bridgehead atoms. The van der Waals surface area contributed by atoms with Crippen LogP contribution in [0.15, 0.2) is 17.6 Å². The van der Waals surface area contributed by atoms with Crippen molar-refractivity contribution in [3.8, 4) is 0 Å². The molecule has 0 saturated heterocycles. The first-order chi connectivity index (χ1) is 9.08. The predicted octanol–water partition coefficient (Wildman–Crippen LogP) is 2.04. The molecule has 6 heteroatoms. The second kappa shape index (κ2) is 5.99. The number of aryl methyl sites for hydroxylation is 1. The first-order valence-electron chi connectivity index (χ1n) is 6.10. The molecule has 0 aliphatic rings. The second-order valence-corrected chi connectivity index (χ2v) is 5.42. The van der Waals surface area contributed by atoms with Crippen molar-refractivity contribution in [2.45, 2.75) is 26.9 Å². The van der Waals surface area contributed by atoms with Gasteiger partial charge in [0.15, 0.2) is 0 Å². The topological polar surface area (TPSA) is 59.0 Å². The molecule has 0 aliphatic carbocycles. The average Bonchev–Trinajstić information content (AvgIpc) is 2.90. The van der Waals surface area contributed by atoms with Gasteiger partial charge in [-0.05, 0) is 18.4 Å². The molecule has 0 radical (unpaired) electrons. The van der Waals surface area contributed by atoms with Gasteiger partial charge in [0, 0.05) is 43.2 Å². The van der Waals surface area contributed by atoms with Gasteiger partial charge in [-0.1, -0.05) is 0 Å². The molecule has 1 amide bonds. The van der Waals surface area contributed by atoms with E-state index >= 15 is 0 Å². The van der Waals surface area contributed by atoms with Crippen molar-refractivity contribution in [3.05, 3.63) is 33.8 Å². The highest BCUT2D eigenvalue weighted by molar-refractivity contribution is 7.10. The molecule has 0 unspecified atom stereocenters. The monoisotopic (exact) mass is 278 g/mol. The van der Waals surface area contributed by atoms with Crippen molar-refractivity contribution < 1.29 is 4.79 Å². The number of nitrogens with zero attached hydrogens (tertiary/aromatic N) is 2. The number of hydrogen-bond donors (Lipinski definition) is 2. The van der Waals surface area contributed by atoms with E-state index in [-0.39, 0.29) is 5.91 Å². The third-order valence-corrected chi connectivity index (χ3v) is 3.91. The number of carbonyl (C=O) groups is 1. The Morgan fingerprint density at radius 1 is 1.47 bits per heavy atom. The summed E-state index contributed by atoms with van der Waals surface area (Å²) >= 11 is 1.64. The molecule has 2 N–H and O–H groups in total. The first kappa shape index (κ1) is 13.8. The van der Waals surface area contributed by atoms with Crippen LogP contribution in [0.4, 0.5) is 5.69 Å². The van der Waals surface area contributed by atoms with Crippen LogP contribution in [-0.4, -0.2) is 15.7 Å². The van der Waals surface area contributed by atoms with Gasteiger partial charge >= 0.3 is 0 Å². The zero-order valence-electron chi connectivity index (χ0n) is 11.4. The molecule has 0 aromatic carbocycles. The molecule has 2 heterocycles. The molecular formula is C13H18N4OS. The third-order valence-electron chi connectivity index (χ3n) is 2.99. The molecule has 102 valence electrons. The van der Waals surface area contributed by atoms with E-state index in [1.807, 2.05) is 29.4 Å². The van der Waals surface area contributed by atoms with Gasteiger partial charge in [-0.3, -0.25) is 9.48 Å². The van der Waals surface area contributed by atoms with E-state index in [4.69, 9.17) is 0 Å². The van der Waals surface area contributed by atoms with Gasteiger partial charge in [-0.2, -0.15) is 5.10 Å². The minimum absolute atomic E-state index is 0.0391. The summed E-state index contributed by atoms with van der Waals surface area (Å²) in [4.78, 5) is 12.2. The molecule has 5 nitrogen and oxygen atoms in total. The molecule has 0 fully saturated rings. The van der Waals surface area contributed by atoms with Crippen molar-refractivity contribution >= 4 is 22.9 Å². The summed E-state index contributed by atoms with van der Waals surface area (Å²) in [6.07, 6.45) is 1.88. The van der Waals surface area contributed by atoms with E-state index in [0.29, 0.717) is 0 Å². The van der Waals surface area contributed by atoms with E-state index in [1.54, 1.807) is 11.3 Å². The maximum absolute atomic E-state index is 11.1. The zero-order chi connectivity index (χ0) is 13.8. The highest BCUT2D eigenvalue weighted by Crippen LogP contribution is 2.22. The summed E-state index contributed by atoms with van der Waals surface area (Å²) in [6.45, 7) is 5.09. The number of thiophene rings is 1. The summed E-state index contributed by atoms with van der Waals surface area (Å²) < 4.78 is 1.87. The quantitative estimate of drug-likeness (QED) is 0.880. The molecule has 0 spiro atoms. The fourth-order valence-corrected chi connectivity index (χ4v) is 2.61. The summed E-state index contributed by atoms with van der Waals surface area (Å²) in [5, 5.41) is 12.4. The number of amides is 1. The standard InChI is InChI=1S/C13H18N4OS/c1-9-11(7-15-17(9)3)6-14-8-13-12(4-5-19-13)16-10(2)18/h4-5,7,14H,6,8H2,1-3H3,(H,16,18). The van der Waals surface area contributed by atoms with Crippen LogP contribution in [0.25, 0.3) is 0 Å². The summed E-state index contributed by atoms with van der Waals surface area (Å²) in [6, 6.07) is 1.93. The maximum atomic E-state index is 11.1. The molecule has 0 saturated carbocycles. The van der Waals surface area contributed by atoms with Crippen LogP contribution in [0.1, 0.15) is 23.1 Å². The second-order valence-electron chi connectivity index (χ2n) is 4.42. The minimum Gasteiger partial charge on any atom is -0.325 e. The van der Waals surface area contributed by atoms with Gasteiger partial charge in [0.1, 0.15) is 0 Å². The molecular weight excluding hydrogens is 260 g/mol. The third kappa shape index (κ3) is 3.42. The van der Waals surface area contributed by atoms with Crippen LogP contribution in [0, 0.1) is 6.92 Å². The zero-order valence-corrected chi connectivity index (χ0v) is 12.2. The fraction of sp³-hybridized carbons (Fsp3) is 0.385. The predicted molar refractivity (Wildman–Crippen MR) is 77.1 cm³/mol. The van der Waals surface area contributed by atoms with E-state index in [9.17, 15) is 4.79 Å². The Kier molecular flexibility index (Phi) is 4.34. The number of carbonyl (C=O) groups excluding carboxylic acids is 1. The Morgan fingerprint density at radius 3 is 2.89 bits per heavy atom. The number of anilines is 1. The lowest BCUT2D eigenvalue weighted by Crippen LogP contribution is -2.14. The van der Waals surface area contributed by atoms with Crippen molar-refractivity contribution in [1.82, 2.24) is 15.1 Å². The summed E-state index contributed by atoms with van der Waals surface area (Å²) in [7, 11) is 1.94. The smallest absolute Gasteiger partial charge is 0.221 e. The van der Waals surface area contributed by atoms with Crippen LogP contribution in [0.2, 0.25) is 0 Å². The van der Waals surface area contributed by atoms with Gasteiger partial charge in [0.25, 0.3) is 0 Å². The first-order valence-corrected chi connectivity index (χ1v) is 6.98. The molecule has 0 atom stereocenters. The Bertz CT molecular complexity index is 573. The number of hydrogen-bond acceptors (Lipinski definition) is 4. The highest BCUT2D eigenvalue weighted by Gasteiger charge is 2.07. The van der Waals surface area contributed by atoms with Crippen molar-refractivity contribution in [2.75, 3.05) is 5.32 Å². The largest absolute Gasteiger partial charge is 0.325 e. The minimum atomic E-state index is -0.0391. The normalized spacial score (nSPS) is 10.7. The number of aromatic nitrogens is 2. The van der Waals surface area contributed by atoms with Crippen LogP contribution in [0.5, 0.6) is 0 Å². The van der Waals surface area contributed by atoms with Gasteiger partial charge in [-0.25, -0.2) is 0 Å². The maximum Gasteiger partial charge on any atom is 0.221 e. The van der Waals surface area contributed by atoms with Gasteiger partial charge < -0.3 is 10.6 Å². The van der Waals surface area contributed by atoms with Gasteiger partial charge in [-0.15, -0.1) is 11.3 Å². The SMILES string of the molecule is CC(=O)Nc1ccsc1CNCc1cnn(C)c1C. The average molecular weight is 278 g/mol. The highest BCUT2D eigenvalue weighted by atomic mass is 32.1. The Labute approximate surface area is 116 Å². The van der Waals surface area contributed by atoms with E-state index in [0.717, 1.165) is 23.7 Å². The van der Waals surface area contributed by atoms with Gasteiger partial charge in [0.05, 0.1) is 11.9 Å². The molecule has 2 aromatic heterocycles. The lowest BCUT2D eigenvalue weighted by atomic mass is 10.2. The fourth-order valence-electron chi connectivity index (χ4n) is 1.81. The van der Waals surface area contributed by atoms with Crippen molar-refractivity contribution in [1.29, 1.82) is 0 Å². The van der Waals surface area contributed by atoms with Crippen molar-refractivity contribution in [3.63, 3.8) is 0 Å². The van der Waals surface area contributed by atoms with E-state index < -0.39 is 0 Å². The molecule has 19 heavy (non-hydrogen) atoms. The van der Waals surface area contributed by atoms with Crippen LogP contribution < -0.4 is 10.6 Å². The van der Waals surface area contributed by atoms with Crippen molar-refractivity contribution in [2.24, 2.45) is 7.05 Å². The number of nitrogens with one attached hydrogen (secondary N) is 2. The molecule has 2 aromatic rings. The lowest BCUT2D eigenvalue weighted by molar-refractivity contribution is -0.114. The lowest BCUT2D eigenvalue weighted by Gasteiger charge is -2.06.